The van der Waals surface area contributed by atoms with Gasteiger partial charge in [0.15, 0.2) is 27.1 Å². The van der Waals surface area contributed by atoms with E-state index in [-0.39, 0.29) is 22.0 Å². The van der Waals surface area contributed by atoms with Crippen molar-refractivity contribution >= 4 is 21.4 Å². The third-order valence-electron chi connectivity index (χ3n) is 4.61. The smallest absolute Gasteiger partial charge is 0.432 e. The van der Waals surface area contributed by atoms with E-state index < -0.39 is 56.2 Å². The summed E-state index contributed by atoms with van der Waals surface area (Å²) in [5.41, 5.74) is -3.32. The minimum atomic E-state index is -4.97. The van der Waals surface area contributed by atoms with Crippen LogP contribution in [-0.2, 0) is 16.0 Å². The Morgan fingerprint density at radius 1 is 1.17 bits per heavy atom. The molecular weight excluding hydrogens is 494 g/mol. The maximum Gasteiger partial charge on any atom is 0.435 e. The van der Waals surface area contributed by atoms with Crippen LogP contribution in [0.5, 0.6) is 11.6 Å². The summed E-state index contributed by atoms with van der Waals surface area (Å²) in [6.45, 7) is 2.23. The van der Waals surface area contributed by atoms with Gasteiger partial charge < -0.3 is 10.1 Å². The monoisotopic (exact) mass is 509 g/mol. The van der Waals surface area contributed by atoms with Gasteiger partial charge in [0.2, 0.25) is 0 Å². The molecule has 0 atom stereocenters. The second-order valence-corrected chi connectivity index (χ2v) is 9.24. The van der Waals surface area contributed by atoms with Gasteiger partial charge in [0, 0.05) is 18.0 Å². The molecule has 14 heteroatoms. The van der Waals surface area contributed by atoms with Crippen LogP contribution in [-0.4, -0.2) is 35.8 Å². The first-order valence-corrected chi connectivity index (χ1v) is 11.4. The molecule has 0 bridgehead atoms. The standard InChI is InChI=1S/C21H15F4N5O4S/c1-10-16(19(31)28-12-5-4-6-14(7-12)35(3,32)33)20(30-29-18(10)21(23,24)25)34-17-11(2)27-13(9-26)8-15(17)22/h4-8H,1-3H3,(H,28,31). The lowest BCUT2D eigenvalue weighted by Gasteiger charge is -2.17. The second kappa shape index (κ2) is 9.26. The number of nitrogens with zero attached hydrogens (tertiary/aromatic N) is 4. The first-order chi connectivity index (χ1) is 16.2. The van der Waals surface area contributed by atoms with Crippen molar-refractivity contribution in [2.24, 2.45) is 0 Å². The van der Waals surface area contributed by atoms with Crippen LogP contribution in [0.3, 0.4) is 0 Å². The van der Waals surface area contributed by atoms with Gasteiger partial charge in [-0.2, -0.15) is 18.4 Å². The first-order valence-electron chi connectivity index (χ1n) is 9.53. The van der Waals surface area contributed by atoms with Gasteiger partial charge in [-0.3, -0.25) is 4.79 Å². The number of amides is 1. The van der Waals surface area contributed by atoms with Crippen LogP contribution in [0.2, 0.25) is 0 Å². The molecule has 0 aliphatic heterocycles. The number of anilines is 1. The number of aromatic nitrogens is 3. The number of nitrogens with one attached hydrogen (secondary N) is 1. The summed E-state index contributed by atoms with van der Waals surface area (Å²) in [6.07, 6.45) is -4.03. The van der Waals surface area contributed by atoms with Gasteiger partial charge in [-0.15, -0.1) is 10.2 Å². The van der Waals surface area contributed by atoms with E-state index in [4.69, 9.17) is 10.00 Å². The molecule has 182 valence electrons. The predicted octanol–water partition coefficient (Wildman–Crippen LogP) is 3.97. The molecular formula is C21H15F4N5O4S. The van der Waals surface area contributed by atoms with Gasteiger partial charge >= 0.3 is 6.18 Å². The zero-order valence-corrected chi connectivity index (χ0v) is 19.0. The van der Waals surface area contributed by atoms with E-state index in [0.29, 0.717) is 0 Å². The lowest BCUT2D eigenvalue weighted by Crippen LogP contribution is -2.21. The number of carbonyl (C=O) groups excluding carboxylic acids is 1. The minimum absolute atomic E-state index is 0.0453. The van der Waals surface area contributed by atoms with Gasteiger partial charge in [-0.05, 0) is 37.6 Å². The second-order valence-electron chi connectivity index (χ2n) is 7.22. The van der Waals surface area contributed by atoms with E-state index >= 15 is 0 Å². The average Bonchev–Trinajstić information content (AvgIpc) is 2.74. The molecule has 0 aliphatic rings. The molecule has 0 radical (unpaired) electrons. The summed E-state index contributed by atoms with van der Waals surface area (Å²) < 4.78 is 83.6. The minimum Gasteiger partial charge on any atom is -0.432 e. The number of sulfone groups is 1. The Hall–Kier alpha value is -4.12. The number of ether oxygens (including phenoxy) is 1. The van der Waals surface area contributed by atoms with Gasteiger partial charge in [-0.1, -0.05) is 6.07 Å². The number of halogens is 4. The molecule has 2 aromatic heterocycles. The molecule has 0 saturated heterocycles. The molecule has 9 nitrogen and oxygen atoms in total. The average molecular weight is 509 g/mol. The molecule has 2 heterocycles. The molecule has 3 rings (SSSR count). The van der Waals surface area contributed by atoms with Gasteiger partial charge in [0.25, 0.3) is 11.8 Å². The Morgan fingerprint density at radius 2 is 1.86 bits per heavy atom. The maximum absolute atomic E-state index is 14.5. The van der Waals surface area contributed by atoms with E-state index in [1.807, 2.05) is 0 Å². The van der Waals surface area contributed by atoms with Gasteiger partial charge in [0.1, 0.15) is 17.3 Å². The molecule has 3 aromatic rings. The topological polar surface area (TPSA) is 135 Å². The molecule has 0 fully saturated rings. The summed E-state index contributed by atoms with van der Waals surface area (Å²) in [5.74, 6) is -3.56. The van der Waals surface area contributed by atoms with Crippen LogP contribution in [0.4, 0.5) is 23.2 Å². The summed E-state index contributed by atoms with van der Waals surface area (Å²) in [4.78, 5) is 16.7. The Morgan fingerprint density at radius 3 is 2.43 bits per heavy atom. The molecule has 0 spiro atoms. The molecule has 1 N–H and O–H groups in total. The van der Waals surface area contributed by atoms with Crippen molar-refractivity contribution in [3.8, 4) is 17.7 Å². The zero-order valence-electron chi connectivity index (χ0n) is 18.2. The Kier molecular flexibility index (Phi) is 6.75. The van der Waals surface area contributed by atoms with E-state index in [9.17, 15) is 30.8 Å². The molecule has 0 unspecified atom stereocenters. The molecule has 1 amide bonds. The van der Waals surface area contributed by atoms with Crippen molar-refractivity contribution in [1.29, 1.82) is 5.26 Å². The number of hydrogen-bond donors (Lipinski definition) is 1. The number of aryl methyl sites for hydroxylation is 1. The number of pyridine rings is 1. The van der Waals surface area contributed by atoms with Crippen LogP contribution in [0, 0.1) is 31.0 Å². The quantitative estimate of drug-likeness (QED) is 0.511. The summed E-state index contributed by atoms with van der Waals surface area (Å²) in [5, 5.41) is 17.6. The lowest BCUT2D eigenvalue weighted by molar-refractivity contribution is -0.142. The first kappa shape index (κ1) is 25.5. The number of rotatable bonds is 5. The highest BCUT2D eigenvalue weighted by atomic mass is 32.2. The van der Waals surface area contributed by atoms with Crippen molar-refractivity contribution < 1.29 is 35.5 Å². The van der Waals surface area contributed by atoms with E-state index in [2.05, 4.69) is 20.5 Å². The van der Waals surface area contributed by atoms with Crippen LogP contribution in [0.1, 0.15) is 33.0 Å². The van der Waals surface area contributed by atoms with E-state index in [1.165, 1.54) is 25.1 Å². The molecule has 0 saturated carbocycles. The zero-order chi connectivity index (χ0) is 26.1. The number of carbonyl (C=O) groups is 1. The van der Waals surface area contributed by atoms with E-state index in [1.54, 1.807) is 6.07 Å². The largest absolute Gasteiger partial charge is 0.435 e. The highest BCUT2D eigenvalue weighted by Crippen LogP contribution is 2.36. The third kappa shape index (κ3) is 5.52. The Balaban J connectivity index is 2.12. The molecule has 35 heavy (non-hydrogen) atoms. The lowest BCUT2D eigenvalue weighted by atomic mass is 10.1. The van der Waals surface area contributed by atoms with Crippen LogP contribution >= 0.6 is 0 Å². The summed E-state index contributed by atoms with van der Waals surface area (Å²) in [7, 11) is -3.64. The van der Waals surface area contributed by atoms with Crippen LogP contribution in [0.15, 0.2) is 35.2 Å². The van der Waals surface area contributed by atoms with Crippen LogP contribution in [0.25, 0.3) is 0 Å². The number of nitriles is 1. The third-order valence-corrected chi connectivity index (χ3v) is 5.72. The Bertz CT molecular complexity index is 1460. The van der Waals surface area contributed by atoms with Crippen molar-refractivity contribution in [2.75, 3.05) is 11.6 Å². The van der Waals surface area contributed by atoms with Gasteiger partial charge in [0.05, 0.1) is 10.6 Å². The van der Waals surface area contributed by atoms with E-state index in [0.717, 1.165) is 25.3 Å². The fourth-order valence-corrected chi connectivity index (χ4v) is 3.67. The predicted molar refractivity (Wildman–Crippen MR) is 113 cm³/mol. The fraction of sp³-hybridized carbons (Fsp3) is 0.190. The molecule has 1 aromatic carbocycles. The normalized spacial score (nSPS) is 11.6. The number of benzene rings is 1. The highest BCUT2D eigenvalue weighted by molar-refractivity contribution is 7.90. The van der Waals surface area contributed by atoms with Crippen molar-refractivity contribution in [2.45, 2.75) is 24.9 Å². The van der Waals surface area contributed by atoms with Crippen LogP contribution < -0.4 is 10.1 Å². The van der Waals surface area contributed by atoms with Crippen molar-refractivity contribution in [3.05, 3.63) is 64.4 Å². The van der Waals surface area contributed by atoms with Gasteiger partial charge in [-0.25, -0.2) is 17.8 Å². The molecule has 0 aliphatic carbocycles. The highest BCUT2D eigenvalue weighted by Gasteiger charge is 2.38. The number of hydrogen-bond acceptors (Lipinski definition) is 8. The summed E-state index contributed by atoms with van der Waals surface area (Å²) >= 11 is 0. The Labute approximate surface area is 196 Å². The maximum atomic E-state index is 14.5. The summed E-state index contributed by atoms with van der Waals surface area (Å²) in [6, 6.07) is 7.39. The number of alkyl halides is 3. The fourth-order valence-electron chi connectivity index (χ4n) is 3.00. The van der Waals surface area contributed by atoms with Crippen molar-refractivity contribution in [1.82, 2.24) is 15.2 Å². The van der Waals surface area contributed by atoms with Crippen molar-refractivity contribution in [3.63, 3.8) is 0 Å². The SMILES string of the molecule is Cc1nc(C#N)cc(F)c1Oc1nnc(C(F)(F)F)c(C)c1C(=O)Nc1cccc(S(C)(=O)=O)c1.